The topological polar surface area (TPSA) is 53.4 Å². The predicted octanol–water partition coefficient (Wildman–Crippen LogP) is 4.42. The van der Waals surface area contributed by atoms with E-state index in [0.717, 1.165) is 29.1 Å². The Balaban J connectivity index is 1.36. The van der Waals surface area contributed by atoms with E-state index in [1.54, 1.807) is 11.1 Å². The predicted molar refractivity (Wildman–Crippen MR) is 126 cm³/mol. The monoisotopic (exact) mass is 485 g/mol. The molecule has 3 heterocycles. The molecular weight excluding hydrogens is 463 g/mol. The van der Waals surface area contributed by atoms with Crippen LogP contribution in [0.25, 0.3) is 0 Å². The molecule has 1 saturated heterocycles. The fourth-order valence-corrected chi connectivity index (χ4v) is 4.96. The van der Waals surface area contributed by atoms with E-state index in [1.165, 1.54) is 0 Å². The first kappa shape index (κ1) is 22.4. The van der Waals surface area contributed by atoms with E-state index >= 15 is 0 Å². The molecule has 1 amide bonds. The lowest BCUT2D eigenvalue weighted by molar-refractivity contribution is -0.117. The lowest BCUT2D eigenvalue weighted by Crippen LogP contribution is -2.47. The van der Waals surface area contributed by atoms with Crippen LogP contribution in [0.2, 0.25) is 0 Å². The van der Waals surface area contributed by atoms with Gasteiger partial charge in [-0.2, -0.15) is 5.10 Å². The van der Waals surface area contributed by atoms with Crippen LogP contribution in [0.15, 0.2) is 48.7 Å². The van der Waals surface area contributed by atoms with Crippen molar-refractivity contribution in [1.29, 1.82) is 0 Å². The van der Waals surface area contributed by atoms with E-state index in [1.807, 2.05) is 46.8 Å². The molecule has 0 aliphatic carbocycles. The highest BCUT2D eigenvalue weighted by Gasteiger charge is 2.36. The zero-order valence-corrected chi connectivity index (χ0v) is 19.2. The van der Waals surface area contributed by atoms with Gasteiger partial charge < -0.3 is 15.1 Å². The number of amides is 1. The van der Waals surface area contributed by atoms with Gasteiger partial charge in [-0.3, -0.25) is 9.48 Å². The van der Waals surface area contributed by atoms with Gasteiger partial charge in [0.1, 0.15) is 0 Å². The lowest BCUT2D eigenvalue weighted by Gasteiger charge is -2.36. The number of rotatable bonds is 3. The summed E-state index contributed by atoms with van der Waals surface area (Å²) in [5, 5.41) is 7.53. The molecule has 0 radical (unpaired) electrons. The highest BCUT2D eigenvalue weighted by molar-refractivity contribution is 7.80. The van der Waals surface area contributed by atoms with Crippen molar-refractivity contribution in [1.82, 2.24) is 14.7 Å². The van der Waals surface area contributed by atoms with Gasteiger partial charge >= 0.3 is 0 Å². The number of fused-ring (bicyclic) bond motifs is 1. The summed E-state index contributed by atoms with van der Waals surface area (Å²) in [4.78, 5) is 16.5. The van der Waals surface area contributed by atoms with Crippen molar-refractivity contribution in [2.24, 2.45) is 0 Å². The van der Waals surface area contributed by atoms with E-state index < -0.39 is 17.5 Å². The van der Waals surface area contributed by atoms with Gasteiger partial charge in [-0.25, -0.2) is 13.2 Å². The van der Waals surface area contributed by atoms with Gasteiger partial charge in [0.25, 0.3) is 0 Å². The van der Waals surface area contributed by atoms with Crippen LogP contribution < -0.4 is 10.2 Å². The van der Waals surface area contributed by atoms with E-state index in [-0.39, 0.29) is 28.7 Å². The van der Waals surface area contributed by atoms with Crippen LogP contribution >= 0.6 is 12.2 Å². The second kappa shape index (κ2) is 8.75. The maximum atomic E-state index is 13.6. The Bertz CT molecular complexity index is 1240. The first-order valence-electron chi connectivity index (χ1n) is 10.9. The molecule has 10 heteroatoms. The maximum Gasteiger partial charge on any atom is 0.227 e. The van der Waals surface area contributed by atoms with Crippen molar-refractivity contribution >= 4 is 34.6 Å². The molecule has 176 valence electrons. The fraction of sp³-hybridized carbons (Fsp3) is 0.292. The van der Waals surface area contributed by atoms with E-state index in [4.69, 9.17) is 12.2 Å². The largest absolute Gasteiger partial charge is 0.338 e. The minimum atomic E-state index is -1.53. The molecule has 2 atom stereocenters. The number of nitrogens with one attached hydrogen (secondary N) is 1. The standard InChI is InChI=1S/C24H22F3N5OS/c1-14-11-32-21(13-30(14)24(34)29-17-8-18(25)23(27)19(26)9-17)20(10-28-32)31-12-16(7-22(31)33)15-5-3-2-4-6-15/h2-6,8-10,14,16H,7,11-13H2,1H3,(H,29,34)/t14-,16?/m0/s1. The Morgan fingerprint density at radius 3 is 2.53 bits per heavy atom. The maximum absolute atomic E-state index is 13.6. The molecule has 0 spiro atoms. The summed E-state index contributed by atoms with van der Waals surface area (Å²) in [5.41, 5.74) is 2.72. The average Bonchev–Trinajstić information content (AvgIpc) is 3.40. The van der Waals surface area contributed by atoms with E-state index in [2.05, 4.69) is 10.4 Å². The number of halogens is 3. The molecule has 34 heavy (non-hydrogen) atoms. The second-order valence-corrected chi connectivity index (χ2v) is 9.02. The van der Waals surface area contributed by atoms with Gasteiger partial charge in [0.15, 0.2) is 22.6 Å². The highest BCUT2D eigenvalue weighted by Crippen LogP contribution is 2.35. The number of benzene rings is 2. The SMILES string of the molecule is C[C@H]1Cn2ncc(N3CC(c4ccccc4)CC3=O)c2CN1C(=S)Nc1cc(F)c(F)c(F)c1. The van der Waals surface area contributed by atoms with Crippen LogP contribution in [0.5, 0.6) is 0 Å². The number of carbonyl (C=O) groups is 1. The number of hydrogen-bond donors (Lipinski definition) is 1. The minimum Gasteiger partial charge on any atom is -0.338 e. The number of aromatic nitrogens is 2. The number of hydrogen-bond acceptors (Lipinski definition) is 3. The third kappa shape index (κ3) is 4.02. The smallest absolute Gasteiger partial charge is 0.227 e. The van der Waals surface area contributed by atoms with Gasteiger partial charge in [-0.05, 0) is 24.7 Å². The van der Waals surface area contributed by atoms with Crippen molar-refractivity contribution < 1.29 is 18.0 Å². The van der Waals surface area contributed by atoms with E-state index in [0.29, 0.717) is 26.1 Å². The van der Waals surface area contributed by atoms with Crippen LogP contribution in [0.4, 0.5) is 24.5 Å². The van der Waals surface area contributed by atoms with Crippen LogP contribution in [-0.4, -0.2) is 38.3 Å². The van der Waals surface area contributed by atoms with Crippen LogP contribution in [0.1, 0.15) is 30.5 Å². The summed E-state index contributed by atoms with van der Waals surface area (Å²) in [6.07, 6.45) is 2.13. The Kier molecular flexibility index (Phi) is 5.76. The molecule has 2 aromatic carbocycles. The summed E-state index contributed by atoms with van der Waals surface area (Å²) in [6.45, 7) is 3.40. The van der Waals surface area contributed by atoms with Crippen molar-refractivity contribution in [3.8, 4) is 0 Å². The van der Waals surface area contributed by atoms with Gasteiger partial charge in [0, 0.05) is 42.7 Å². The zero-order valence-electron chi connectivity index (χ0n) is 18.3. The number of carbonyl (C=O) groups excluding carboxylic acids is 1. The number of nitrogens with zero attached hydrogens (tertiary/aromatic N) is 4. The summed E-state index contributed by atoms with van der Waals surface area (Å²) >= 11 is 5.51. The molecule has 1 fully saturated rings. The Morgan fingerprint density at radius 1 is 1.12 bits per heavy atom. The van der Waals surface area contributed by atoms with Crippen molar-refractivity contribution in [2.45, 2.75) is 38.4 Å². The van der Waals surface area contributed by atoms with Crippen molar-refractivity contribution in [3.05, 3.63) is 77.4 Å². The van der Waals surface area contributed by atoms with Crippen molar-refractivity contribution in [2.75, 3.05) is 16.8 Å². The molecule has 0 saturated carbocycles. The van der Waals surface area contributed by atoms with Crippen LogP contribution in [0.3, 0.4) is 0 Å². The van der Waals surface area contributed by atoms with Gasteiger partial charge in [0.2, 0.25) is 5.91 Å². The first-order chi connectivity index (χ1) is 16.3. The quantitative estimate of drug-likeness (QED) is 0.440. The fourth-order valence-electron chi connectivity index (χ4n) is 4.60. The van der Waals surface area contributed by atoms with Gasteiger partial charge in [0.05, 0.1) is 30.7 Å². The van der Waals surface area contributed by atoms with E-state index in [9.17, 15) is 18.0 Å². The zero-order chi connectivity index (χ0) is 24.0. The Morgan fingerprint density at radius 2 is 1.82 bits per heavy atom. The van der Waals surface area contributed by atoms with Crippen LogP contribution in [-0.2, 0) is 17.9 Å². The summed E-state index contributed by atoms with van der Waals surface area (Å²) < 4.78 is 42.4. The summed E-state index contributed by atoms with van der Waals surface area (Å²) in [5.74, 6) is -3.97. The second-order valence-electron chi connectivity index (χ2n) is 8.64. The lowest BCUT2D eigenvalue weighted by atomic mass is 9.98. The minimum absolute atomic E-state index is 0.0216. The van der Waals surface area contributed by atoms with Gasteiger partial charge in [-0.1, -0.05) is 30.3 Å². The number of anilines is 2. The molecule has 2 aliphatic heterocycles. The average molecular weight is 486 g/mol. The van der Waals surface area contributed by atoms with Gasteiger partial charge in [-0.15, -0.1) is 0 Å². The normalized spacial score (nSPS) is 19.9. The Hall–Kier alpha value is -3.40. The highest BCUT2D eigenvalue weighted by atomic mass is 32.1. The molecule has 2 aliphatic rings. The third-order valence-electron chi connectivity index (χ3n) is 6.40. The van der Waals surface area contributed by atoms with Crippen LogP contribution in [0, 0.1) is 17.5 Å². The molecule has 5 rings (SSSR count). The molecule has 1 unspecified atom stereocenters. The first-order valence-corrected chi connectivity index (χ1v) is 11.3. The molecule has 6 nitrogen and oxygen atoms in total. The molecule has 1 N–H and O–H groups in total. The Labute approximate surface area is 200 Å². The molecule has 0 bridgehead atoms. The summed E-state index contributed by atoms with van der Waals surface area (Å²) in [7, 11) is 0. The number of thiocarbonyl (C=S) groups is 1. The molecular formula is C24H22F3N5OS. The third-order valence-corrected chi connectivity index (χ3v) is 6.74. The molecule has 1 aromatic heterocycles. The van der Waals surface area contributed by atoms with Crippen molar-refractivity contribution in [3.63, 3.8) is 0 Å². The molecule has 3 aromatic rings. The summed E-state index contributed by atoms with van der Waals surface area (Å²) in [6, 6.07) is 11.6.